The lowest BCUT2D eigenvalue weighted by atomic mass is 9.97. The average molecular weight is 192 g/mol. The Morgan fingerprint density at radius 2 is 2.07 bits per heavy atom. The Balaban J connectivity index is 2.96. The highest BCUT2D eigenvalue weighted by Crippen LogP contribution is 2.21. The Bertz CT molecular complexity index is 294. The third kappa shape index (κ3) is 2.56. The lowest BCUT2D eigenvalue weighted by Gasteiger charge is -2.18. The van der Waals surface area contributed by atoms with E-state index in [1.54, 1.807) is 0 Å². The van der Waals surface area contributed by atoms with Gasteiger partial charge in [-0.2, -0.15) is 0 Å². The fraction of sp³-hybridized carbons (Fsp3) is 0.500. The number of rotatable bonds is 4. The zero-order valence-corrected chi connectivity index (χ0v) is 9.30. The number of hydrogen-bond acceptors (Lipinski definition) is 2. The van der Waals surface area contributed by atoms with Crippen LogP contribution in [0.3, 0.4) is 0 Å². The van der Waals surface area contributed by atoms with Gasteiger partial charge in [0.1, 0.15) is 0 Å². The summed E-state index contributed by atoms with van der Waals surface area (Å²) in [6.07, 6.45) is 0.987. The molecule has 2 nitrogen and oxygen atoms in total. The minimum absolute atomic E-state index is 0.389. The van der Waals surface area contributed by atoms with Gasteiger partial charge in [-0.05, 0) is 45.0 Å². The van der Waals surface area contributed by atoms with Crippen molar-refractivity contribution in [3.05, 3.63) is 34.9 Å². The molecule has 0 bridgehead atoms. The van der Waals surface area contributed by atoms with Gasteiger partial charge >= 0.3 is 0 Å². The second-order valence-corrected chi connectivity index (χ2v) is 3.78. The number of aryl methyl sites for hydroxylation is 2. The number of hydrogen-bond donors (Lipinski definition) is 2. The van der Waals surface area contributed by atoms with Crippen molar-refractivity contribution in [1.29, 1.82) is 0 Å². The minimum Gasteiger partial charge on any atom is -0.330 e. The molecule has 1 unspecified atom stereocenters. The van der Waals surface area contributed by atoms with Gasteiger partial charge in [0.2, 0.25) is 0 Å². The molecule has 0 aliphatic rings. The van der Waals surface area contributed by atoms with Gasteiger partial charge in [-0.1, -0.05) is 23.8 Å². The zero-order chi connectivity index (χ0) is 10.6. The van der Waals surface area contributed by atoms with Crippen LogP contribution >= 0.6 is 0 Å². The van der Waals surface area contributed by atoms with Crippen molar-refractivity contribution < 1.29 is 0 Å². The smallest absolute Gasteiger partial charge is 0.0332 e. The monoisotopic (exact) mass is 192 g/mol. The molecule has 0 saturated carbocycles. The standard InChI is InChI=1S/C12H20N2/c1-9-4-5-10(2)11(8-9)12(14-3)6-7-13/h4-5,8,12,14H,6-7,13H2,1-3H3. The molecule has 0 spiro atoms. The summed E-state index contributed by atoms with van der Waals surface area (Å²) in [5, 5.41) is 3.31. The van der Waals surface area contributed by atoms with Crippen LogP contribution in [0.5, 0.6) is 0 Å². The van der Waals surface area contributed by atoms with Crippen LogP contribution in [0.2, 0.25) is 0 Å². The van der Waals surface area contributed by atoms with Gasteiger partial charge in [0.15, 0.2) is 0 Å². The van der Waals surface area contributed by atoms with Crippen LogP contribution in [-0.2, 0) is 0 Å². The van der Waals surface area contributed by atoms with Gasteiger partial charge in [-0.3, -0.25) is 0 Å². The number of nitrogens with one attached hydrogen (secondary N) is 1. The van der Waals surface area contributed by atoms with E-state index in [-0.39, 0.29) is 0 Å². The Morgan fingerprint density at radius 3 is 2.64 bits per heavy atom. The SMILES string of the molecule is CNC(CCN)c1cc(C)ccc1C. The summed E-state index contributed by atoms with van der Waals surface area (Å²) < 4.78 is 0. The minimum atomic E-state index is 0.389. The van der Waals surface area contributed by atoms with Gasteiger partial charge in [0.05, 0.1) is 0 Å². The highest BCUT2D eigenvalue weighted by atomic mass is 14.9. The van der Waals surface area contributed by atoms with E-state index in [0.717, 1.165) is 13.0 Å². The average Bonchev–Trinajstić information content (AvgIpc) is 2.18. The number of benzene rings is 1. The first-order chi connectivity index (χ1) is 6.69. The fourth-order valence-corrected chi connectivity index (χ4v) is 1.76. The molecule has 0 amide bonds. The summed E-state index contributed by atoms with van der Waals surface area (Å²) in [6.45, 7) is 4.99. The first kappa shape index (κ1) is 11.2. The van der Waals surface area contributed by atoms with Crippen LogP contribution in [0.15, 0.2) is 18.2 Å². The molecule has 0 radical (unpaired) electrons. The molecular formula is C12H20N2. The quantitative estimate of drug-likeness (QED) is 0.765. The molecule has 0 aliphatic heterocycles. The molecule has 78 valence electrons. The van der Waals surface area contributed by atoms with E-state index in [2.05, 4.69) is 37.4 Å². The highest BCUT2D eigenvalue weighted by Gasteiger charge is 2.10. The normalized spacial score (nSPS) is 12.9. The van der Waals surface area contributed by atoms with Crippen LogP contribution in [-0.4, -0.2) is 13.6 Å². The van der Waals surface area contributed by atoms with E-state index in [4.69, 9.17) is 5.73 Å². The van der Waals surface area contributed by atoms with Gasteiger partial charge in [0, 0.05) is 6.04 Å². The molecule has 0 aromatic heterocycles. The summed E-state index contributed by atoms with van der Waals surface area (Å²) in [5.41, 5.74) is 9.61. The fourth-order valence-electron chi connectivity index (χ4n) is 1.76. The van der Waals surface area contributed by atoms with E-state index in [1.165, 1.54) is 16.7 Å². The van der Waals surface area contributed by atoms with Gasteiger partial charge in [-0.25, -0.2) is 0 Å². The first-order valence-corrected chi connectivity index (χ1v) is 5.13. The molecule has 1 rings (SSSR count). The molecule has 0 aliphatic carbocycles. The van der Waals surface area contributed by atoms with E-state index in [1.807, 2.05) is 7.05 Å². The van der Waals surface area contributed by atoms with Gasteiger partial charge < -0.3 is 11.1 Å². The predicted octanol–water partition coefficient (Wildman–Crippen LogP) is 1.91. The Labute approximate surface area is 86.5 Å². The lowest BCUT2D eigenvalue weighted by molar-refractivity contribution is 0.553. The molecule has 14 heavy (non-hydrogen) atoms. The summed E-state index contributed by atoms with van der Waals surface area (Å²) in [4.78, 5) is 0. The maximum absolute atomic E-state index is 5.59. The molecule has 1 aromatic carbocycles. The maximum Gasteiger partial charge on any atom is 0.0332 e. The van der Waals surface area contributed by atoms with Gasteiger partial charge in [0.25, 0.3) is 0 Å². The topological polar surface area (TPSA) is 38.0 Å². The second-order valence-electron chi connectivity index (χ2n) is 3.78. The molecule has 0 fully saturated rings. The van der Waals surface area contributed by atoms with Crippen LogP contribution in [0.1, 0.15) is 29.2 Å². The molecule has 1 aromatic rings. The summed E-state index contributed by atoms with van der Waals surface area (Å²) >= 11 is 0. The summed E-state index contributed by atoms with van der Waals surface area (Å²) in [6, 6.07) is 6.95. The van der Waals surface area contributed by atoms with Crippen LogP contribution < -0.4 is 11.1 Å². The van der Waals surface area contributed by atoms with Crippen molar-refractivity contribution in [2.24, 2.45) is 5.73 Å². The van der Waals surface area contributed by atoms with Crippen molar-refractivity contribution in [1.82, 2.24) is 5.32 Å². The lowest BCUT2D eigenvalue weighted by Crippen LogP contribution is -2.20. The summed E-state index contributed by atoms with van der Waals surface area (Å²) in [7, 11) is 1.99. The molecule has 0 heterocycles. The second kappa shape index (κ2) is 5.13. The maximum atomic E-state index is 5.59. The zero-order valence-electron chi connectivity index (χ0n) is 9.30. The van der Waals surface area contributed by atoms with Crippen molar-refractivity contribution in [3.8, 4) is 0 Å². The van der Waals surface area contributed by atoms with Crippen molar-refractivity contribution in [2.75, 3.05) is 13.6 Å². The van der Waals surface area contributed by atoms with Crippen molar-refractivity contribution in [2.45, 2.75) is 26.3 Å². The van der Waals surface area contributed by atoms with Crippen molar-refractivity contribution >= 4 is 0 Å². The Kier molecular flexibility index (Phi) is 4.11. The Morgan fingerprint density at radius 1 is 1.36 bits per heavy atom. The van der Waals surface area contributed by atoms with Crippen LogP contribution in [0.25, 0.3) is 0 Å². The Hall–Kier alpha value is -0.860. The highest BCUT2D eigenvalue weighted by molar-refractivity contribution is 5.32. The van der Waals surface area contributed by atoms with E-state index < -0.39 is 0 Å². The third-order valence-electron chi connectivity index (χ3n) is 2.61. The summed E-state index contributed by atoms with van der Waals surface area (Å²) in [5.74, 6) is 0. The molecule has 2 heteroatoms. The van der Waals surface area contributed by atoms with Crippen LogP contribution in [0.4, 0.5) is 0 Å². The first-order valence-electron chi connectivity index (χ1n) is 5.13. The molecular weight excluding hydrogens is 172 g/mol. The van der Waals surface area contributed by atoms with Crippen molar-refractivity contribution in [3.63, 3.8) is 0 Å². The predicted molar refractivity (Wildman–Crippen MR) is 61.4 cm³/mol. The molecule has 3 N–H and O–H groups in total. The molecule has 0 saturated heterocycles. The van der Waals surface area contributed by atoms with Gasteiger partial charge in [-0.15, -0.1) is 0 Å². The largest absolute Gasteiger partial charge is 0.330 e. The van der Waals surface area contributed by atoms with E-state index >= 15 is 0 Å². The number of nitrogens with two attached hydrogens (primary N) is 1. The van der Waals surface area contributed by atoms with Crippen LogP contribution in [0, 0.1) is 13.8 Å². The third-order valence-corrected chi connectivity index (χ3v) is 2.61. The van der Waals surface area contributed by atoms with E-state index in [9.17, 15) is 0 Å². The molecule has 1 atom stereocenters. The van der Waals surface area contributed by atoms with E-state index in [0.29, 0.717) is 6.04 Å².